The Hall–Kier alpha value is -0.480. The van der Waals surface area contributed by atoms with Gasteiger partial charge in [0.1, 0.15) is 6.04 Å². The van der Waals surface area contributed by atoms with Gasteiger partial charge in [-0.25, -0.2) is 0 Å². The van der Waals surface area contributed by atoms with Crippen molar-refractivity contribution in [2.75, 3.05) is 6.61 Å². The summed E-state index contributed by atoms with van der Waals surface area (Å²) in [5.74, 6) is -0.262. The van der Waals surface area contributed by atoms with E-state index < -0.39 is 6.04 Å². The van der Waals surface area contributed by atoms with Gasteiger partial charge in [0.05, 0.1) is 12.2 Å². The van der Waals surface area contributed by atoms with Crippen LogP contribution >= 0.6 is 0 Å². The molecule has 0 radical (unpaired) electrons. The van der Waals surface area contributed by atoms with E-state index in [4.69, 9.17) is 4.74 Å². The topological polar surface area (TPSA) is 38.3 Å². The molecule has 1 N–H and O–H groups in total. The maximum Gasteiger partial charge on any atom is 0.151 e. The van der Waals surface area contributed by atoms with E-state index in [1.807, 2.05) is 20.8 Å². The molecule has 0 aliphatic heterocycles. The number of rotatable bonds is 4. The number of ether oxygens (including phenoxy) is 1. The fourth-order valence-corrected chi connectivity index (χ4v) is 0.559. The monoisotopic (exact) mass is 177 g/mol. The fraction of sp³-hybridized carbons (Fsp3) is 0.875. The maximum atomic E-state index is 11.9. The van der Waals surface area contributed by atoms with Gasteiger partial charge in [0.2, 0.25) is 0 Å². The molecule has 0 aliphatic rings. The summed E-state index contributed by atoms with van der Waals surface area (Å²) in [5, 5.41) is 0. The van der Waals surface area contributed by atoms with Crippen LogP contribution in [0.25, 0.3) is 0 Å². The first-order valence-electron chi connectivity index (χ1n) is 3.87. The molecular weight excluding hydrogens is 161 g/mol. The highest BCUT2D eigenvalue weighted by atomic mass is 19.2. The molecule has 0 aromatic carbocycles. The van der Waals surface area contributed by atoms with Gasteiger partial charge in [-0.3, -0.25) is 4.79 Å². The van der Waals surface area contributed by atoms with E-state index in [0.717, 1.165) is 0 Å². The number of carbonyl (C=O) groups excluding carboxylic acids is 1. The van der Waals surface area contributed by atoms with Gasteiger partial charge in [-0.15, -0.1) is 10.0 Å². The first-order valence-corrected chi connectivity index (χ1v) is 3.87. The van der Waals surface area contributed by atoms with Crippen molar-refractivity contribution in [1.29, 1.82) is 0 Å². The van der Waals surface area contributed by atoms with Gasteiger partial charge >= 0.3 is 0 Å². The highest BCUT2D eigenvalue weighted by Gasteiger charge is 2.18. The Morgan fingerprint density at radius 2 is 2.08 bits per heavy atom. The van der Waals surface area contributed by atoms with E-state index in [1.54, 1.807) is 0 Å². The lowest BCUT2D eigenvalue weighted by Gasteiger charge is -2.21. The highest BCUT2D eigenvalue weighted by Crippen LogP contribution is 2.07. The SMILES string of the molecule is CC(=O)C(COC(C)(C)C)NF. The van der Waals surface area contributed by atoms with Crippen molar-refractivity contribution in [2.45, 2.75) is 39.3 Å². The maximum absolute atomic E-state index is 11.9. The summed E-state index contributed by atoms with van der Waals surface area (Å²) in [6.45, 7) is 6.94. The Balaban J connectivity index is 3.81. The van der Waals surface area contributed by atoms with Crippen LogP contribution < -0.4 is 5.54 Å². The van der Waals surface area contributed by atoms with E-state index in [2.05, 4.69) is 0 Å². The lowest BCUT2D eigenvalue weighted by molar-refractivity contribution is -0.123. The van der Waals surface area contributed by atoms with Crippen LogP contribution in [0.3, 0.4) is 0 Å². The van der Waals surface area contributed by atoms with Crippen molar-refractivity contribution in [1.82, 2.24) is 5.54 Å². The molecule has 0 rings (SSSR count). The zero-order chi connectivity index (χ0) is 9.78. The zero-order valence-electron chi connectivity index (χ0n) is 7.98. The number of Topliss-reactive ketones (excluding diaryl/α,β-unsaturated/α-hetero) is 1. The molecule has 0 bridgehead atoms. The van der Waals surface area contributed by atoms with Crippen LogP contribution in [-0.4, -0.2) is 24.0 Å². The van der Waals surface area contributed by atoms with Crippen molar-refractivity contribution in [2.24, 2.45) is 0 Å². The first-order chi connectivity index (χ1) is 5.37. The molecule has 1 unspecified atom stereocenters. The molecule has 3 nitrogen and oxygen atoms in total. The number of ketones is 1. The smallest absolute Gasteiger partial charge is 0.151 e. The summed E-state index contributed by atoms with van der Waals surface area (Å²) in [7, 11) is 0. The molecule has 0 saturated heterocycles. The van der Waals surface area contributed by atoms with E-state index in [1.165, 1.54) is 12.5 Å². The largest absolute Gasteiger partial charge is 0.374 e. The van der Waals surface area contributed by atoms with E-state index in [-0.39, 0.29) is 18.0 Å². The normalized spacial score (nSPS) is 14.4. The molecule has 0 spiro atoms. The highest BCUT2D eigenvalue weighted by molar-refractivity contribution is 5.81. The van der Waals surface area contributed by atoms with Gasteiger partial charge in [0, 0.05) is 0 Å². The summed E-state index contributed by atoms with van der Waals surface area (Å²) in [6, 6.07) is -0.843. The second kappa shape index (κ2) is 4.52. The zero-order valence-corrected chi connectivity index (χ0v) is 7.98. The molecule has 0 aliphatic carbocycles. The van der Waals surface area contributed by atoms with Crippen LogP contribution in [0.1, 0.15) is 27.7 Å². The van der Waals surface area contributed by atoms with Gasteiger partial charge in [-0.1, -0.05) is 0 Å². The van der Waals surface area contributed by atoms with Gasteiger partial charge in [0.15, 0.2) is 5.78 Å². The van der Waals surface area contributed by atoms with Crippen LogP contribution in [0.4, 0.5) is 4.48 Å². The lowest BCUT2D eigenvalue weighted by Crippen LogP contribution is -2.37. The molecule has 0 amide bonds. The minimum absolute atomic E-state index is 0.0648. The van der Waals surface area contributed by atoms with Crippen molar-refractivity contribution in [3.8, 4) is 0 Å². The summed E-state index contributed by atoms with van der Waals surface area (Å²) >= 11 is 0. The molecule has 0 aromatic rings. The standard InChI is InChI=1S/C8H16FNO2/c1-6(11)7(10-9)5-12-8(2,3)4/h7,10H,5H2,1-4H3. The van der Waals surface area contributed by atoms with Crippen molar-refractivity contribution in [3.05, 3.63) is 0 Å². The van der Waals surface area contributed by atoms with E-state index in [9.17, 15) is 9.28 Å². The summed E-state index contributed by atoms with van der Waals surface area (Å²) in [4.78, 5) is 10.7. The van der Waals surface area contributed by atoms with Crippen LogP contribution in [0, 0.1) is 0 Å². The average Bonchev–Trinajstić information content (AvgIpc) is 1.85. The van der Waals surface area contributed by atoms with Gasteiger partial charge in [0.25, 0.3) is 0 Å². The number of carbonyl (C=O) groups is 1. The van der Waals surface area contributed by atoms with Crippen LogP contribution in [0.2, 0.25) is 0 Å². The second-order valence-electron chi connectivity index (χ2n) is 3.70. The quantitative estimate of drug-likeness (QED) is 0.656. The molecule has 1 atom stereocenters. The molecule has 4 heteroatoms. The van der Waals surface area contributed by atoms with Crippen LogP contribution in [-0.2, 0) is 9.53 Å². The number of halogens is 1. The molecule has 0 aromatic heterocycles. The molecular formula is C8H16FNO2. The molecule has 0 heterocycles. The third-order valence-corrected chi connectivity index (χ3v) is 1.31. The molecule has 72 valence electrons. The predicted molar refractivity (Wildman–Crippen MR) is 44.4 cm³/mol. The van der Waals surface area contributed by atoms with Crippen LogP contribution in [0.15, 0.2) is 0 Å². The molecule has 0 saturated carbocycles. The third kappa shape index (κ3) is 5.21. The average molecular weight is 177 g/mol. The van der Waals surface area contributed by atoms with E-state index in [0.29, 0.717) is 0 Å². The third-order valence-electron chi connectivity index (χ3n) is 1.31. The van der Waals surface area contributed by atoms with Crippen molar-refractivity contribution < 1.29 is 14.0 Å². The summed E-state index contributed by atoms with van der Waals surface area (Å²) in [6.07, 6.45) is 0. The van der Waals surface area contributed by atoms with Crippen LogP contribution in [0.5, 0.6) is 0 Å². The number of hydrogen-bond acceptors (Lipinski definition) is 3. The minimum Gasteiger partial charge on any atom is -0.374 e. The Bertz CT molecular complexity index is 154. The lowest BCUT2D eigenvalue weighted by atomic mass is 10.2. The molecule has 12 heavy (non-hydrogen) atoms. The Morgan fingerprint density at radius 3 is 2.33 bits per heavy atom. The summed E-state index contributed by atoms with van der Waals surface area (Å²) in [5.41, 5.74) is 1.06. The van der Waals surface area contributed by atoms with E-state index >= 15 is 0 Å². The van der Waals surface area contributed by atoms with Crippen molar-refractivity contribution >= 4 is 5.78 Å². The fourth-order valence-electron chi connectivity index (χ4n) is 0.559. The predicted octanol–water partition coefficient (Wildman–Crippen LogP) is 1.23. The van der Waals surface area contributed by atoms with Crippen molar-refractivity contribution in [3.63, 3.8) is 0 Å². The second-order valence-corrected chi connectivity index (χ2v) is 3.70. The Morgan fingerprint density at radius 1 is 1.58 bits per heavy atom. The van der Waals surface area contributed by atoms with Gasteiger partial charge in [-0.05, 0) is 27.7 Å². The van der Waals surface area contributed by atoms with Gasteiger partial charge < -0.3 is 4.74 Å². The number of hydrogen-bond donors (Lipinski definition) is 1. The summed E-state index contributed by atoms with van der Waals surface area (Å²) < 4.78 is 17.2. The Kier molecular flexibility index (Phi) is 4.34. The first kappa shape index (κ1) is 11.5. The molecule has 0 fully saturated rings. The Labute approximate surface area is 72.2 Å². The number of nitrogens with one attached hydrogen (secondary N) is 1. The van der Waals surface area contributed by atoms with Gasteiger partial charge in [-0.2, -0.15) is 0 Å². The minimum atomic E-state index is -0.843.